The molecule has 0 aliphatic carbocycles. The standard InChI is InChI=1S/C28H34N4O5/c1-2-22-28(37)32-14-6-9-24(32)27(36)29-20(15-18-7-4-3-5-8-18)17-25(34)30-23(26(35)31-22)16-19-10-12-21(33)13-11-19/h3-5,7-8,10-13,20,22-24,33H,2,6,9,14-17H2,1H3,(H,29,36)(H,30,34)(H,31,35)/t20-,22-,23-,24-/m0/s1. The average molecular weight is 507 g/mol. The zero-order chi connectivity index (χ0) is 26.4. The van der Waals surface area contributed by atoms with Gasteiger partial charge in [-0.1, -0.05) is 49.4 Å². The van der Waals surface area contributed by atoms with E-state index in [1.807, 2.05) is 30.3 Å². The first-order valence-electron chi connectivity index (χ1n) is 12.9. The third-order valence-corrected chi connectivity index (χ3v) is 6.99. The van der Waals surface area contributed by atoms with Crippen molar-refractivity contribution >= 4 is 23.6 Å². The minimum atomic E-state index is -0.929. The van der Waals surface area contributed by atoms with Crippen LogP contribution in [-0.4, -0.2) is 64.3 Å². The lowest BCUT2D eigenvalue weighted by Crippen LogP contribution is -2.56. The number of carbonyl (C=O) groups excluding carboxylic acids is 4. The minimum Gasteiger partial charge on any atom is -0.508 e. The Balaban J connectivity index is 1.63. The van der Waals surface area contributed by atoms with E-state index in [1.54, 1.807) is 24.0 Å². The van der Waals surface area contributed by atoms with E-state index in [4.69, 9.17) is 0 Å². The molecule has 2 heterocycles. The molecule has 0 spiro atoms. The van der Waals surface area contributed by atoms with Crippen LogP contribution < -0.4 is 16.0 Å². The van der Waals surface area contributed by atoms with E-state index in [2.05, 4.69) is 16.0 Å². The van der Waals surface area contributed by atoms with Crippen LogP contribution in [0.5, 0.6) is 5.75 Å². The maximum Gasteiger partial charge on any atom is 0.245 e. The Bertz CT molecular complexity index is 1120. The van der Waals surface area contributed by atoms with Crippen LogP contribution in [0.2, 0.25) is 0 Å². The molecule has 2 fully saturated rings. The van der Waals surface area contributed by atoms with Crippen molar-refractivity contribution in [2.24, 2.45) is 0 Å². The SMILES string of the molecule is CC[C@@H]1NC(=O)[C@H](Cc2ccc(O)cc2)NC(=O)C[C@H](Cc2ccccc2)NC(=O)[C@@H]2CCCN2C1=O. The summed E-state index contributed by atoms with van der Waals surface area (Å²) >= 11 is 0. The van der Waals surface area contributed by atoms with Crippen molar-refractivity contribution in [2.75, 3.05) is 6.54 Å². The first kappa shape index (κ1) is 26.2. The lowest BCUT2D eigenvalue weighted by Gasteiger charge is -2.29. The van der Waals surface area contributed by atoms with Gasteiger partial charge in [-0.3, -0.25) is 19.2 Å². The van der Waals surface area contributed by atoms with Crippen molar-refractivity contribution in [3.63, 3.8) is 0 Å². The van der Waals surface area contributed by atoms with Crippen LogP contribution in [0.4, 0.5) is 0 Å². The number of carbonyl (C=O) groups is 4. The number of hydrogen-bond donors (Lipinski definition) is 4. The second-order valence-electron chi connectivity index (χ2n) is 9.75. The van der Waals surface area contributed by atoms with Gasteiger partial charge in [0.05, 0.1) is 0 Å². The number of aromatic hydroxyl groups is 1. The minimum absolute atomic E-state index is 0.0160. The predicted octanol–water partition coefficient (Wildman–Crippen LogP) is 1.44. The van der Waals surface area contributed by atoms with Crippen LogP contribution in [0.1, 0.15) is 43.7 Å². The number of amides is 4. The van der Waals surface area contributed by atoms with Gasteiger partial charge in [-0.05, 0) is 48.9 Å². The summed E-state index contributed by atoms with van der Waals surface area (Å²) < 4.78 is 0. The summed E-state index contributed by atoms with van der Waals surface area (Å²) in [5.41, 5.74) is 1.71. The fourth-order valence-electron chi connectivity index (χ4n) is 5.04. The molecule has 2 aromatic rings. The van der Waals surface area contributed by atoms with Gasteiger partial charge in [0.2, 0.25) is 23.6 Å². The zero-order valence-electron chi connectivity index (χ0n) is 21.0. The first-order valence-corrected chi connectivity index (χ1v) is 12.9. The van der Waals surface area contributed by atoms with Crippen LogP contribution >= 0.6 is 0 Å². The number of benzene rings is 2. The number of rotatable bonds is 5. The molecule has 0 aromatic heterocycles. The number of nitrogens with one attached hydrogen (secondary N) is 3. The van der Waals surface area contributed by atoms with E-state index < -0.39 is 30.1 Å². The van der Waals surface area contributed by atoms with Crippen LogP contribution in [0.15, 0.2) is 54.6 Å². The summed E-state index contributed by atoms with van der Waals surface area (Å²) in [6.07, 6.45) is 2.19. The van der Waals surface area contributed by atoms with Gasteiger partial charge < -0.3 is 26.0 Å². The largest absolute Gasteiger partial charge is 0.508 e. The van der Waals surface area contributed by atoms with E-state index in [1.165, 1.54) is 12.1 Å². The Morgan fingerprint density at radius 2 is 1.54 bits per heavy atom. The molecule has 4 rings (SSSR count). The van der Waals surface area contributed by atoms with Crippen LogP contribution in [0, 0.1) is 0 Å². The van der Waals surface area contributed by atoms with Gasteiger partial charge in [0.15, 0.2) is 0 Å². The maximum absolute atomic E-state index is 13.4. The van der Waals surface area contributed by atoms with E-state index in [0.717, 1.165) is 11.1 Å². The molecular weight excluding hydrogens is 472 g/mol. The number of fused-ring (bicyclic) bond motifs is 1. The Kier molecular flexibility index (Phi) is 8.43. The third-order valence-electron chi connectivity index (χ3n) is 6.99. The van der Waals surface area contributed by atoms with Crippen molar-refractivity contribution in [2.45, 2.75) is 69.6 Å². The Hall–Kier alpha value is -3.88. The smallest absolute Gasteiger partial charge is 0.245 e. The normalized spacial score (nSPS) is 25.2. The third kappa shape index (κ3) is 6.67. The Labute approximate surface area is 216 Å². The molecular formula is C28H34N4O5. The van der Waals surface area contributed by atoms with Gasteiger partial charge in [-0.25, -0.2) is 0 Å². The number of phenolic OH excluding ortho intramolecular Hbond substituents is 1. The molecule has 2 aliphatic rings. The second kappa shape index (κ2) is 11.9. The molecule has 2 aliphatic heterocycles. The first-order chi connectivity index (χ1) is 17.8. The fourth-order valence-corrected chi connectivity index (χ4v) is 5.04. The molecule has 0 saturated carbocycles. The van der Waals surface area contributed by atoms with Gasteiger partial charge in [0.1, 0.15) is 23.9 Å². The number of hydrogen-bond acceptors (Lipinski definition) is 5. The van der Waals surface area contributed by atoms with E-state index in [-0.39, 0.29) is 36.3 Å². The highest BCUT2D eigenvalue weighted by atomic mass is 16.3. The highest BCUT2D eigenvalue weighted by Gasteiger charge is 2.39. The van der Waals surface area contributed by atoms with Crippen molar-refractivity contribution in [1.29, 1.82) is 0 Å². The highest BCUT2D eigenvalue weighted by Crippen LogP contribution is 2.21. The summed E-state index contributed by atoms with van der Waals surface area (Å²) in [5.74, 6) is -1.30. The summed E-state index contributed by atoms with van der Waals surface area (Å²) in [6.45, 7) is 2.25. The molecule has 4 amide bonds. The molecule has 0 radical (unpaired) electrons. The monoisotopic (exact) mass is 506 g/mol. The molecule has 37 heavy (non-hydrogen) atoms. The van der Waals surface area contributed by atoms with Gasteiger partial charge in [0.25, 0.3) is 0 Å². The van der Waals surface area contributed by atoms with Crippen LogP contribution in [-0.2, 0) is 32.0 Å². The van der Waals surface area contributed by atoms with E-state index >= 15 is 0 Å². The van der Waals surface area contributed by atoms with Gasteiger partial charge >= 0.3 is 0 Å². The maximum atomic E-state index is 13.4. The summed E-state index contributed by atoms with van der Waals surface area (Å²) in [4.78, 5) is 54.8. The van der Waals surface area contributed by atoms with E-state index in [9.17, 15) is 24.3 Å². The topological polar surface area (TPSA) is 128 Å². The Morgan fingerprint density at radius 1 is 0.838 bits per heavy atom. The van der Waals surface area contributed by atoms with Crippen molar-refractivity contribution in [3.8, 4) is 5.75 Å². The molecule has 0 unspecified atom stereocenters. The lowest BCUT2D eigenvalue weighted by molar-refractivity contribution is -0.141. The van der Waals surface area contributed by atoms with Crippen molar-refractivity contribution < 1.29 is 24.3 Å². The second-order valence-corrected chi connectivity index (χ2v) is 9.75. The summed E-state index contributed by atoms with van der Waals surface area (Å²) in [6, 6.07) is 13.1. The molecule has 0 bridgehead atoms. The number of phenols is 1. The molecule has 9 heteroatoms. The molecule has 9 nitrogen and oxygen atoms in total. The molecule has 2 aromatic carbocycles. The quantitative estimate of drug-likeness (QED) is 0.488. The van der Waals surface area contributed by atoms with Crippen molar-refractivity contribution in [1.82, 2.24) is 20.9 Å². The summed E-state index contributed by atoms with van der Waals surface area (Å²) in [5, 5.41) is 18.3. The number of nitrogens with zero attached hydrogens (tertiary/aromatic N) is 1. The van der Waals surface area contributed by atoms with Crippen molar-refractivity contribution in [3.05, 3.63) is 65.7 Å². The van der Waals surface area contributed by atoms with E-state index in [0.29, 0.717) is 32.2 Å². The van der Waals surface area contributed by atoms with Crippen LogP contribution in [0.25, 0.3) is 0 Å². The average Bonchev–Trinajstić information content (AvgIpc) is 3.38. The Morgan fingerprint density at radius 3 is 2.24 bits per heavy atom. The predicted molar refractivity (Wildman–Crippen MR) is 137 cm³/mol. The van der Waals surface area contributed by atoms with Gasteiger partial charge in [-0.15, -0.1) is 0 Å². The zero-order valence-corrected chi connectivity index (χ0v) is 21.0. The molecule has 4 atom stereocenters. The van der Waals surface area contributed by atoms with Gasteiger partial charge in [-0.2, -0.15) is 0 Å². The van der Waals surface area contributed by atoms with Gasteiger partial charge in [0, 0.05) is 25.4 Å². The molecule has 196 valence electrons. The molecule has 4 N–H and O–H groups in total. The fraction of sp³-hybridized carbons (Fsp3) is 0.429. The highest BCUT2D eigenvalue weighted by molar-refractivity contribution is 5.95. The lowest BCUT2D eigenvalue weighted by atomic mass is 10.0. The summed E-state index contributed by atoms with van der Waals surface area (Å²) in [7, 11) is 0. The molecule has 2 saturated heterocycles. The van der Waals surface area contributed by atoms with Crippen LogP contribution in [0.3, 0.4) is 0 Å².